The topological polar surface area (TPSA) is 86.4 Å². The summed E-state index contributed by atoms with van der Waals surface area (Å²) < 4.78 is 55.5. The molecule has 1 N–H and O–H groups in total. The molecular formula is C23H22F2N4O3S. The third-order valence-corrected chi connectivity index (χ3v) is 8.11. The minimum Gasteiger partial charge on any atom is -0.339 e. The Hall–Kier alpha value is -3.11. The molecule has 33 heavy (non-hydrogen) atoms. The van der Waals surface area contributed by atoms with Gasteiger partial charge in [-0.2, -0.15) is 9.40 Å². The first-order valence-corrected chi connectivity index (χ1v) is 12.2. The van der Waals surface area contributed by atoms with Crippen molar-refractivity contribution in [3.05, 3.63) is 70.9 Å². The standard InChI is InChI=1S/C23H22F2N4O3S/c24-18-4-3-5-19(25)22(18)33(31,32)29-13-10-20-17(14-29)21(27-26-20)15-6-8-16(9-7-15)23(30)28-11-1-2-12-28/h3-9H,1-2,10-14H2,(H,26,27). The van der Waals surface area contributed by atoms with Crippen LogP contribution in [0.2, 0.25) is 0 Å². The third kappa shape index (κ3) is 3.83. The summed E-state index contributed by atoms with van der Waals surface area (Å²) >= 11 is 0. The van der Waals surface area contributed by atoms with Crippen molar-refractivity contribution in [2.24, 2.45) is 0 Å². The first kappa shape index (κ1) is 21.7. The third-order valence-electron chi connectivity index (χ3n) is 6.21. The van der Waals surface area contributed by atoms with Crippen LogP contribution in [0.5, 0.6) is 0 Å². The molecule has 2 aliphatic heterocycles. The number of hydrogen-bond acceptors (Lipinski definition) is 4. The van der Waals surface area contributed by atoms with Gasteiger partial charge in [0.1, 0.15) is 11.6 Å². The van der Waals surface area contributed by atoms with Crippen molar-refractivity contribution in [2.75, 3.05) is 19.6 Å². The summed E-state index contributed by atoms with van der Waals surface area (Å²) in [4.78, 5) is 13.5. The molecule has 0 unspecified atom stereocenters. The van der Waals surface area contributed by atoms with Crippen molar-refractivity contribution in [1.82, 2.24) is 19.4 Å². The number of hydrogen-bond donors (Lipinski definition) is 1. The molecule has 0 aliphatic carbocycles. The van der Waals surface area contributed by atoms with Crippen LogP contribution in [0, 0.1) is 11.6 Å². The van der Waals surface area contributed by atoms with Gasteiger partial charge in [0.15, 0.2) is 4.90 Å². The Morgan fingerprint density at radius 1 is 0.970 bits per heavy atom. The predicted octanol–water partition coefficient (Wildman–Crippen LogP) is 3.34. The van der Waals surface area contributed by atoms with Crippen LogP contribution in [0.25, 0.3) is 11.3 Å². The molecule has 1 fully saturated rings. The molecule has 0 bridgehead atoms. The number of nitrogens with zero attached hydrogens (tertiary/aromatic N) is 3. The SMILES string of the molecule is O=C(c1ccc(-c2n[nH]c3c2CN(S(=O)(=O)c2c(F)cccc2F)CC3)cc1)N1CCCC1. The molecule has 0 atom stereocenters. The van der Waals surface area contributed by atoms with Crippen molar-refractivity contribution < 1.29 is 22.0 Å². The Morgan fingerprint density at radius 2 is 1.64 bits per heavy atom. The van der Waals surface area contributed by atoms with Crippen molar-refractivity contribution in [3.8, 4) is 11.3 Å². The first-order chi connectivity index (χ1) is 15.9. The van der Waals surface area contributed by atoms with Crippen LogP contribution in [-0.2, 0) is 23.0 Å². The van der Waals surface area contributed by atoms with E-state index in [0.717, 1.165) is 59.7 Å². The smallest absolute Gasteiger partial charge is 0.253 e. The number of amides is 1. The summed E-state index contributed by atoms with van der Waals surface area (Å²) in [6.45, 7) is 1.54. The molecule has 5 rings (SSSR count). The second-order valence-corrected chi connectivity index (χ2v) is 10.1. The molecule has 0 spiro atoms. The second kappa shape index (κ2) is 8.35. The lowest BCUT2D eigenvalue weighted by molar-refractivity contribution is 0.0793. The fourth-order valence-corrected chi connectivity index (χ4v) is 5.96. The van der Waals surface area contributed by atoms with Crippen molar-refractivity contribution in [1.29, 1.82) is 0 Å². The quantitative estimate of drug-likeness (QED) is 0.631. The molecule has 3 heterocycles. The minimum atomic E-state index is -4.38. The average Bonchev–Trinajstić information content (AvgIpc) is 3.48. The van der Waals surface area contributed by atoms with Gasteiger partial charge in [-0.05, 0) is 37.1 Å². The number of likely N-dealkylation sites (tertiary alicyclic amines) is 1. The molecule has 1 amide bonds. The van der Waals surface area contributed by atoms with Crippen molar-refractivity contribution in [2.45, 2.75) is 30.7 Å². The number of aromatic amines is 1. The number of fused-ring (bicyclic) bond motifs is 1. The second-order valence-electron chi connectivity index (χ2n) is 8.25. The zero-order valence-electron chi connectivity index (χ0n) is 17.7. The van der Waals surface area contributed by atoms with Crippen LogP contribution < -0.4 is 0 Å². The molecule has 10 heteroatoms. The normalized spacial score (nSPS) is 16.7. The van der Waals surface area contributed by atoms with Gasteiger partial charge in [-0.15, -0.1) is 0 Å². The number of H-pyrrole nitrogens is 1. The number of nitrogens with one attached hydrogen (secondary N) is 1. The Labute approximate surface area is 190 Å². The van der Waals surface area contributed by atoms with E-state index >= 15 is 0 Å². The lowest BCUT2D eigenvalue weighted by Crippen LogP contribution is -2.36. The van der Waals surface area contributed by atoms with Gasteiger partial charge in [-0.3, -0.25) is 9.89 Å². The fourth-order valence-electron chi connectivity index (χ4n) is 4.45. The summed E-state index contributed by atoms with van der Waals surface area (Å²) in [6.07, 6.45) is 2.36. The van der Waals surface area contributed by atoms with E-state index in [1.165, 1.54) is 0 Å². The number of benzene rings is 2. The molecule has 1 aromatic heterocycles. The zero-order chi connectivity index (χ0) is 23.2. The summed E-state index contributed by atoms with van der Waals surface area (Å²) in [5.74, 6) is -2.25. The highest BCUT2D eigenvalue weighted by molar-refractivity contribution is 7.89. The number of carbonyl (C=O) groups excluding carboxylic acids is 1. The van der Waals surface area contributed by atoms with Gasteiger partial charge >= 0.3 is 0 Å². The van der Waals surface area contributed by atoms with E-state index in [2.05, 4.69) is 10.2 Å². The van der Waals surface area contributed by atoms with E-state index in [9.17, 15) is 22.0 Å². The fraction of sp³-hybridized carbons (Fsp3) is 0.304. The van der Waals surface area contributed by atoms with Gasteiger partial charge in [0.2, 0.25) is 10.0 Å². The van der Waals surface area contributed by atoms with Crippen LogP contribution in [0.15, 0.2) is 47.4 Å². The number of carbonyl (C=O) groups is 1. The summed E-state index contributed by atoms with van der Waals surface area (Å²) in [5, 5.41) is 7.30. The van der Waals surface area contributed by atoms with Crippen molar-refractivity contribution >= 4 is 15.9 Å². The molecule has 3 aromatic rings. The maximum Gasteiger partial charge on any atom is 0.253 e. The maximum absolute atomic E-state index is 14.2. The van der Waals surface area contributed by atoms with E-state index < -0.39 is 26.6 Å². The van der Waals surface area contributed by atoms with E-state index in [0.29, 0.717) is 23.2 Å². The molecule has 2 aromatic carbocycles. The van der Waals surface area contributed by atoms with Crippen LogP contribution in [0.3, 0.4) is 0 Å². The van der Waals surface area contributed by atoms with E-state index in [1.54, 1.807) is 24.3 Å². The summed E-state index contributed by atoms with van der Waals surface area (Å²) in [5.41, 5.74) is 3.30. The first-order valence-electron chi connectivity index (χ1n) is 10.8. The van der Waals surface area contributed by atoms with Crippen LogP contribution >= 0.6 is 0 Å². The van der Waals surface area contributed by atoms with Crippen LogP contribution in [0.1, 0.15) is 34.5 Å². The highest BCUT2D eigenvalue weighted by Gasteiger charge is 2.35. The van der Waals surface area contributed by atoms with E-state index in [-0.39, 0.29) is 19.0 Å². The van der Waals surface area contributed by atoms with Gasteiger partial charge in [0.25, 0.3) is 5.91 Å². The molecule has 172 valence electrons. The lowest BCUT2D eigenvalue weighted by Gasteiger charge is -2.26. The maximum atomic E-state index is 14.2. The van der Waals surface area contributed by atoms with Gasteiger partial charge < -0.3 is 4.90 Å². The Balaban J connectivity index is 1.42. The zero-order valence-corrected chi connectivity index (χ0v) is 18.5. The van der Waals surface area contributed by atoms with E-state index in [4.69, 9.17) is 0 Å². The molecule has 0 saturated carbocycles. The van der Waals surface area contributed by atoms with Gasteiger partial charge in [0, 0.05) is 55.0 Å². The summed E-state index contributed by atoms with van der Waals surface area (Å²) in [7, 11) is -4.38. The number of halogens is 2. The highest BCUT2D eigenvalue weighted by atomic mass is 32.2. The largest absolute Gasteiger partial charge is 0.339 e. The van der Waals surface area contributed by atoms with Crippen LogP contribution in [-0.4, -0.2) is 53.4 Å². The molecule has 7 nitrogen and oxygen atoms in total. The van der Waals surface area contributed by atoms with Crippen LogP contribution in [0.4, 0.5) is 8.78 Å². The Morgan fingerprint density at radius 3 is 2.30 bits per heavy atom. The van der Waals surface area contributed by atoms with Gasteiger partial charge in [-0.25, -0.2) is 17.2 Å². The number of sulfonamides is 1. The number of rotatable bonds is 4. The molecule has 1 saturated heterocycles. The monoisotopic (exact) mass is 472 g/mol. The van der Waals surface area contributed by atoms with Gasteiger partial charge in [-0.1, -0.05) is 18.2 Å². The molecule has 0 radical (unpaired) electrons. The molecule has 2 aliphatic rings. The van der Waals surface area contributed by atoms with Gasteiger partial charge in [0.05, 0.1) is 5.69 Å². The Bertz CT molecular complexity index is 1300. The summed E-state index contributed by atoms with van der Waals surface area (Å²) in [6, 6.07) is 10.0. The Kier molecular flexibility index (Phi) is 5.49. The average molecular weight is 473 g/mol. The number of aromatic nitrogens is 2. The minimum absolute atomic E-state index is 0.00714. The molecular weight excluding hydrogens is 450 g/mol. The highest BCUT2D eigenvalue weighted by Crippen LogP contribution is 2.32. The van der Waals surface area contributed by atoms with E-state index in [1.807, 2.05) is 4.90 Å². The predicted molar refractivity (Wildman–Crippen MR) is 117 cm³/mol. The lowest BCUT2D eigenvalue weighted by atomic mass is 10.0. The van der Waals surface area contributed by atoms with Crippen molar-refractivity contribution in [3.63, 3.8) is 0 Å².